The van der Waals surface area contributed by atoms with Gasteiger partial charge in [-0.25, -0.2) is 4.79 Å². The van der Waals surface area contributed by atoms with E-state index in [-0.39, 0.29) is 17.3 Å². The average Bonchev–Trinajstić information content (AvgIpc) is 2.18. The Hall–Kier alpha value is -1.37. The normalized spacial score (nSPS) is 9.40. The van der Waals surface area contributed by atoms with E-state index < -0.39 is 6.09 Å². The molecule has 0 aliphatic carbocycles. The van der Waals surface area contributed by atoms with Gasteiger partial charge in [0.25, 0.3) is 0 Å². The molecule has 3 nitrogen and oxygen atoms in total. The zero-order valence-corrected chi connectivity index (χ0v) is 9.09. The fourth-order valence-electron chi connectivity index (χ4n) is 1.04. The summed E-state index contributed by atoms with van der Waals surface area (Å²) in [7, 11) is 0. The molecular formula is C10H7Cl2NO2. The summed E-state index contributed by atoms with van der Waals surface area (Å²) in [5.41, 5.74) is 0.287. The molecule has 0 spiro atoms. The van der Waals surface area contributed by atoms with E-state index in [0.717, 1.165) is 4.90 Å². The lowest BCUT2D eigenvalue weighted by Crippen LogP contribution is -2.29. The molecule has 0 aliphatic heterocycles. The Morgan fingerprint density at radius 1 is 1.53 bits per heavy atom. The quantitative estimate of drug-likeness (QED) is 0.812. The minimum atomic E-state index is -1.17. The predicted octanol–water partition coefficient (Wildman–Crippen LogP) is 3.11. The third-order valence-corrected chi connectivity index (χ3v) is 2.23. The molecule has 0 saturated heterocycles. The fraction of sp³-hybridized carbons (Fsp3) is 0.100. The highest BCUT2D eigenvalue weighted by Gasteiger charge is 2.16. The first-order valence-corrected chi connectivity index (χ1v) is 4.71. The van der Waals surface area contributed by atoms with Crippen molar-refractivity contribution in [1.29, 1.82) is 0 Å². The molecule has 1 N–H and O–H groups in total. The Balaban J connectivity index is 3.16. The standard InChI is InChI=1S/C10H7Cl2NO2/c1-2-5-13(10(14)15)9-6-7(11)3-4-8(9)12/h1,3-4,6H,5H2,(H,14,15). The van der Waals surface area contributed by atoms with Crippen molar-refractivity contribution >= 4 is 35.0 Å². The zero-order valence-electron chi connectivity index (χ0n) is 7.58. The maximum atomic E-state index is 10.9. The summed E-state index contributed by atoms with van der Waals surface area (Å²) in [6, 6.07) is 4.55. The van der Waals surface area contributed by atoms with Crippen LogP contribution in [0.4, 0.5) is 10.5 Å². The Morgan fingerprint density at radius 3 is 2.73 bits per heavy atom. The highest BCUT2D eigenvalue weighted by atomic mass is 35.5. The molecule has 0 unspecified atom stereocenters. The van der Waals surface area contributed by atoms with Crippen LogP contribution in [0.1, 0.15) is 0 Å². The van der Waals surface area contributed by atoms with Gasteiger partial charge < -0.3 is 5.11 Å². The maximum Gasteiger partial charge on any atom is 0.412 e. The van der Waals surface area contributed by atoms with E-state index in [9.17, 15) is 4.79 Å². The van der Waals surface area contributed by atoms with Crippen molar-refractivity contribution in [3.05, 3.63) is 28.2 Å². The van der Waals surface area contributed by atoms with Crippen LogP contribution in [0.3, 0.4) is 0 Å². The fourth-order valence-corrected chi connectivity index (χ4v) is 1.43. The largest absolute Gasteiger partial charge is 0.465 e. The van der Waals surface area contributed by atoms with Crippen LogP contribution in [0.2, 0.25) is 10.0 Å². The van der Waals surface area contributed by atoms with Gasteiger partial charge in [-0.3, -0.25) is 4.90 Å². The summed E-state index contributed by atoms with van der Waals surface area (Å²) in [4.78, 5) is 11.8. The molecule has 0 heterocycles. The summed E-state index contributed by atoms with van der Waals surface area (Å²) in [6.45, 7) is -0.0740. The number of hydrogen-bond acceptors (Lipinski definition) is 1. The topological polar surface area (TPSA) is 40.5 Å². The summed E-state index contributed by atoms with van der Waals surface area (Å²) >= 11 is 11.6. The van der Waals surface area contributed by atoms with E-state index in [1.807, 2.05) is 0 Å². The Morgan fingerprint density at radius 2 is 2.20 bits per heavy atom. The third-order valence-electron chi connectivity index (χ3n) is 1.68. The number of carbonyl (C=O) groups is 1. The number of amides is 1. The molecule has 1 aromatic carbocycles. The third kappa shape index (κ3) is 2.79. The van der Waals surface area contributed by atoms with E-state index in [0.29, 0.717) is 5.02 Å². The van der Waals surface area contributed by atoms with Crippen molar-refractivity contribution in [2.24, 2.45) is 0 Å². The SMILES string of the molecule is C#CCN(C(=O)O)c1cc(Cl)ccc1Cl. The van der Waals surface area contributed by atoms with Crippen LogP contribution in [0.15, 0.2) is 18.2 Å². The maximum absolute atomic E-state index is 10.9. The monoisotopic (exact) mass is 243 g/mol. The van der Waals surface area contributed by atoms with E-state index in [1.54, 1.807) is 6.07 Å². The Kier molecular flexibility index (Phi) is 3.84. The van der Waals surface area contributed by atoms with E-state index in [4.69, 9.17) is 34.7 Å². The number of benzene rings is 1. The van der Waals surface area contributed by atoms with Crippen LogP contribution in [-0.2, 0) is 0 Å². The van der Waals surface area contributed by atoms with Gasteiger partial charge in [-0.2, -0.15) is 0 Å². The molecule has 1 aromatic rings. The summed E-state index contributed by atoms with van der Waals surface area (Å²) in [5.74, 6) is 2.24. The second kappa shape index (κ2) is 4.92. The number of hydrogen-bond donors (Lipinski definition) is 1. The van der Waals surface area contributed by atoms with Crippen LogP contribution in [0.25, 0.3) is 0 Å². The molecule has 5 heteroatoms. The Labute approximate surface area is 97.2 Å². The number of carboxylic acid groups (broad SMARTS) is 1. The molecular weight excluding hydrogens is 237 g/mol. The average molecular weight is 244 g/mol. The van der Waals surface area contributed by atoms with Gasteiger partial charge in [-0.1, -0.05) is 29.1 Å². The van der Waals surface area contributed by atoms with Crippen LogP contribution < -0.4 is 4.90 Å². The first-order chi connectivity index (χ1) is 7.06. The zero-order chi connectivity index (χ0) is 11.4. The van der Waals surface area contributed by atoms with Gasteiger partial charge in [0.1, 0.15) is 0 Å². The first kappa shape index (κ1) is 11.7. The van der Waals surface area contributed by atoms with Crippen molar-refractivity contribution in [3.63, 3.8) is 0 Å². The van der Waals surface area contributed by atoms with Crippen LogP contribution in [0.5, 0.6) is 0 Å². The van der Waals surface area contributed by atoms with Crippen molar-refractivity contribution in [3.8, 4) is 12.3 Å². The molecule has 0 saturated carbocycles. The molecule has 0 atom stereocenters. The summed E-state index contributed by atoms with van der Waals surface area (Å²) < 4.78 is 0. The number of terminal acetylenes is 1. The van der Waals surface area contributed by atoms with Gasteiger partial charge in [-0.15, -0.1) is 6.42 Å². The molecule has 0 radical (unpaired) electrons. The van der Waals surface area contributed by atoms with E-state index >= 15 is 0 Å². The van der Waals surface area contributed by atoms with Crippen LogP contribution >= 0.6 is 23.2 Å². The highest BCUT2D eigenvalue weighted by molar-refractivity contribution is 6.35. The van der Waals surface area contributed by atoms with Crippen LogP contribution in [-0.4, -0.2) is 17.7 Å². The van der Waals surface area contributed by atoms with Gasteiger partial charge >= 0.3 is 6.09 Å². The van der Waals surface area contributed by atoms with Gasteiger partial charge in [-0.05, 0) is 18.2 Å². The van der Waals surface area contributed by atoms with Crippen molar-refractivity contribution in [2.75, 3.05) is 11.4 Å². The lowest BCUT2D eigenvalue weighted by Gasteiger charge is -2.17. The second-order valence-electron chi connectivity index (χ2n) is 2.67. The number of halogens is 2. The van der Waals surface area contributed by atoms with Crippen molar-refractivity contribution < 1.29 is 9.90 Å². The van der Waals surface area contributed by atoms with Gasteiger partial charge in [0.2, 0.25) is 0 Å². The van der Waals surface area contributed by atoms with E-state index in [1.165, 1.54) is 12.1 Å². The number of anilines is 1. The van der Waals surface area contributed by atoms with Crippen LogP contribution in [0, 0.1) is 12.3 Å². The molecule has 15 heavy (non-hydrogen) atoms. The Bertz CT molecular complexity index is 426. The molecule has 0 bridgehead atoms. The molecule has 78 valence electrons. The predicted molar refractivity (Wildman–Crippen MR) is 60.7 cm³/mol. The first-order valence-electron chi connectivity index (χ1n) is 3.95. The van der Waals surface area contributed by atoms with Crippen molar-refractivity contribution in [2.45, 2.75) is 0 Å². The molecule has 1 rings (SSSR count). The molecule has 0 aliphatic rings. The number of rotatable bonds is 2. The summed E-state index contributed by atoms with van der Waals surface area (Å²) in [6.07, 6.45) is 3.89. The molecule has 1 amide bonds. The second-order valence-corrected chi connectivity index (χ2v) is 3.51. The lowest BCUT2D eigenvalue weighted by atomic mass is 10.3. The molecule has 0 aromatic heterocycles. The number of nitrogens with zero attached hydrogens (tertiary/aromatic N) is 1. The van der Waals surface area contributed by atoms with Crippen molar-refractivity contribution in [1.82, 2.24) is 0 Å². The van der Waals surface area contributed by atoms with E-state index in [2.05, 4.69) is 5.92 Å². The summed E-state index contributed by atoms with van der Waals surface area (Å²) in [5, 5.41) is 9.59. The van der Waals surface area contributed by atoms with Gasteiger partial charge in [0, 0.05) is 5.02 Å². The minimum Gasteiger partial charge on any atom is -0.465 e. The smallest absolute Gasteiger partial charge is 0.412 e. The lowest BCUT2D eigenvalue weighted by molar-refractivity contribution is 0.202. The van der Waals surface area contributed by atoms with Gasteiger partial charge in [0.05, 0.1) is 17.3 Å². The van der Waals surface area contributed by atoms with Gasteiger partial charge in [0.15, 0.2) is 0 Å². The molecule has 0 fully saturated rings. The highest BCUT2D eigenvalue weighted by Crippen LogP contribution is 2.28. The minimum absolute atomic E-state index is 0.0740.